The lowest BCUT2D eigenvalue weighted by molar-refractivity contribution is 0.700. The van der Waals surface area contributed by atoms with E-state index in [4.69, 9.17) is 9.97 Å². The largest absolute Gasteiger partial charge is 0.362 e. The summed E-state index contributed by atoms with van der Waals surface area (Å²) in [6.07, 6.45) is 4.89. The molecule has 0 radical (unpaired) electrons. The highest BCUT2D eigenvalue weighted by molar-refractivity contribution is 7.19. The van der Waals surface area contributed by atoms with Crippen molar-refractivity contribution in [2.75, 3.05) is 19.0 Å². The van der Waals surface area contributed by atoms with Gasteiger partial charge in [0, 0.05) is 24.7 Å². The Hall–Kier alpha value is -1.95. The van der Waals surface area contributed by atoms with Crippen molar-refractivity contribution in [3.63, 3.8) is 0 Å². The Kier molecular flexibility index (Phi) is 3.37. The molecular formula is C17H21N5S. The molecule has 23 heavy (non-hydrogen) atoms. The van der Waals surface area contributed by atoms with Crippen molar-refractivity contribution < 1.29 is 0 Å². The molecule has 1 aliphatic rings. The normalized spacial score (nSPS) is 14.3. The summed E-state index contributed by atoms with van der Waals surface area (Å²) in [6, 6.07) is 2.06. The number of nitrogens with zero attached hydrogens (tertiary/aromatic N) is 5. The molecule has 0 saturated carbocycles. The Morgan fingerprint density at radius 3 is 2.61 bits per heavy atom. The molecule has 0 fully saturated rings. The maximum Gasteiger partial charge on any atom is 0.254 e. The first-order chi connectivity index (χ1) is 11.0. The van der Waals surface area contributed by atoms with Gasteiger partial charge in [-0.2, -0.15) is 15.1 Å². The zero-order chi connectivity index (χ0) is 16.1. The van der Waals surface area contributed by atoms with Gasteiger partial charge in [-0.3, -0.25) is 0 Å². The van der Waals surface area contributed by atoms with Crippen LogP contribution in [0.15, 0.2) is 6.07 Å². The highest BCUT2D eigenvalue weighted by Crippen LogP contribution is 2.39. The molecule has 3 heterocycles. The van der Waals surface area contributed by atoms with Crippen LogP contribution in [-0.2, 0) is 12.8 Å². The van der Waals surface area contributed by atoms with Crippen LogP contribution in [0.25, 0.3) is 16.2 Å². The zero-order valence-corrected chi connectivity index (χ0v) is 14.9. The second-order valence-electron chi connectivity index (χ2n) is 6.47. The maximum atomic E-state index is 4.85. The fourth-order valence-electron chi connectivity index (χ4n) is 3.38. The van der Waals surface area contributed by atoms with Crippen molar-refractivity contribution in [3.8, 4) is 5.95 Å². The second kappa shape index (κ2) is 5.30. The molecule has 4 rings (SSSR count). The number of fused-ring (bicyclic) bond motifs is 3. The highest BCUT2D eigenvalue weighted by atomic mass is 32.1. The predicted octanol–water partition coefficient (Wildman–Crippen LogP) is 3.44. The fraction of sp³-hybridized carbons (Fsp3) is 0.471. The molecule has 1 aliphatic carbocycles. The van der Waals surface area contributed by atoms with Gasteiger partial charge in [0.25, 0.3) is 5.95 Å². The van der Waals surface area contributed by atoms with Crippen molar-refractivity contribution in [1.82, 2.24) is 19.7 Å². The van der Waals surface area contributed by atoms with Gasteiger partial charge in [0.2, 0.25) is 0 Å². The summed E-state index contributed by atoms with van der Waals surface area (Å²) in [4.78, 5) is 14.4. The van der Waals surface area contributed by atoms with E-state index >= 15 is 0 Å². The third kappa shape index (κ3) is 2.32. The maximum absolute atomic E-state index is 4.85. The van der Waals surface area contributed by atoms with E-state index in [-0.39, 0.29) is 0 Å². The number of hydrogen-bond donors (Lipinski definition) is 0. The van der Waals surface area contributed by atoms with Gasteiger partial charge in [0.1, 0.15) is 10.6 Å². The first kappa shape index (κ1) is 14.6. The Balaban J connectivity index is 2.00. The van der Waals surface area contributed by atoms with Gasteiger partial charge in [0.15, 0.2) is 0 Å². The molecule has 0 atom stereocenters. The van der Waals surface area contributed by atoms with Crippen LogP contribution in [0.5, 0.6) is 0 Å². The third-order valence-electron chi connectivity index (χ3n) is 4.41. The summed E-state index contributed by atoms with van der Waals surface area (Å²) in [5.41, 5.74) is 3.52. The summed E-state index contributed by atoms with van der Waals surface area (Å²) in [6.45, 7) is 4.04. The summed E-state index contributed by atoms with van der Waals surface area (Å²) in [7, 11) is 4.11. The lowest BCUT2D eigenvalue weighted by Crippen LogP contribution is -2.15. The molecular weight excluding hydrogens is 306 g/mol. The van der Waals surface area contributed by atoms with Crippen LogP contribution in [-0.4, -0.2) is 33.8 Å². The van der Waals surface area contributed by atoms with Crippen molar-refractivity contribution in [1.29, 1.82) is 0 Å². The van der Waals surface area contributed by atoms with Gasteiger partial charge in [0.05, 0.1) is 11.1 Å². The molecule has 0 bridgehead atoms. The van der Waals surface area contributed by atoms with Crippen molar-refractivity contribution >= 4 is 27.4 Å². The first-order valence-corrected chi connectivity index (χ1v) is 8.89. The molecule has 3 aromatic rings. The molecule has 6 heteroatoms. The van der Waals surface area contributed by atoms with Crippen molar-refractivity contribution in [2.24, 2.45) is 0 Å². The lowest BCUT2D eigenvalue weighted by atomic mass is 9.97. The van der Waals surface area contributed by atoms with Crippen LogP contribution in [0.4, 0.5) is 5.82 Å². The monoisotopic (exact) mass is 327 g/mol. The molecule has 0 N–H and O–H groups in total. The first-order valence-electron chi connectivity index (χ1n) is 8.08. The molecule has 0 aromatic carbocycles. The summed E-state index contributed by atoms with van der Waals surface area (Å²) in [5.74, 6) is 1.68. The zero-order valence-electron chi connectivity index (χ0n) is 14.1. The van der Waals surface area contributed by atoms with E-state index in [1.807, 2.05) is 29.9 Å². The van der Waals surface area contributed by atoms with Crippen LogP contribution >= 0.6 is 11.3 Å². The molecule has 120 valence electrons. The third-order valence-corrected chi connectivity index (χ3v) is 5.59. The van der Waals surface area contributed by atoms with Gasteiger partial charge in [-0.15, -0.1) is 11.3 Å². The lowest BCUT2D eigenvalue weighted by Gasteiger charge is -2.16. The Morgan fingerprint density at radius 1 is 1.13 bits per heavy atom. The van der Waals surface area contributed by atoms with E-state index in [9.17, 15) is 0 Å². The van der Waals surface area contributed by atoms with E-state index in [0.717, 1.165) is 28.5 Å². The van der Waals surface area contributed by atoms with Crippen LogP contribution in [0, 0.1) is 13.8 Å². The fourth-order valence-corrected chi connectivity index (χ4v) is 4.63. The van der Waals surface area contributed by atoms with Crippen molar-refractivity contribution in [2.45, 2.75) is 39.5 Å². The average Bonchev–Trinajstić information content (AvgIpc) is 3.05. The Labute approximate surface area is 140 Å². The highest BCUT2D eigenvalue weighted by Gasteiger charge is 2.22. The minimum Gasteiger partial charge on any atom is -0.362 e. The minimum atomic E-state index is 0.672. The summed E-state index contributed by atoms with van der Waals surface area (Å²) in [5, 5.41) is 5.80. The average molecular weight is 327 g/mol. The van der Waals surface area contributed by atoms with E-state index in [1.165, 1.54) is 35.1 Å². The molecule has 5 nitrogen and oxygen atoms in total. The van der Waals surface area contributed by atoms with Crippen LogP contribution in [0.3, 0.4) is 0 Å². The summed E-state index contributed by atoms with van der Waals surface area (Å²) >= 11 is 1.83. The SMILES string of the molecule is Cc1cc(C)n(-c2nc(N(C)C)c3c4c(sc3n2)CCCC4)n1. The Morgan fingerprint density at radius 2 is 1.91 bits per heavy atom. The van der Waals surface area contributed by atoms with E-state index < -0.39 is 0 Å². The number of aryl methyl sites for hydroxylation is 4. The molecule has 0 spiro atoms. The quantitative estimate of drug-likeness (QED) is 0.723. The topological polar surface area (TPSA) is 46.8 Å². The molecule has 3 aromatic heterocycles. The molecule has 0 saturated heterocycles. The van der Waals surface area contributed by atoms with Gasteiger partial charge in [-0.25, -0.2) is 4.68 Å². The number of aromatic nitrogens is 4. The number of anilines is 1. The molecule has 0 amide bonds. The van der Waals surface area contributed by atoms with Crippen LogP contribution in [0.1, 0.15) is 34.7 Å². The van der Waals surface area contributed by atoms with Gasteiger partial charge < -0.3 is 4.90 Å². The van der Waals surface area contributed by atoms with E-state index in [1.54, 1.807) is 0 Å². The molecule has 0 unspecified atom stereocenters. The van der Waals surface area contributed by atoms with E-state index in [0.29, 0.717) is 5.95 Å². The van der Waals surface area contributed by atoms with Crippen LogP contribution < -0.4 is 4.90 Å². The van der Waals surface area contributed by atoms with E-state index in [2.05, 4.69) is 30.2 Å². The van der Waals surface area contributed by atoms with Gasteiger partial charge in [-0.1, -0.05) is 0 Å². The van der Waals surface area contributed by atoms with Gasteiger partial charge in [-0.05, 0) is 51.2 Å². The summed E-state index contributed by atoms with van der Waals surface area (Å²) < 4.78 is 1.85. The van der Waals surface area contributed by atoms with Crippen molar-refractivity contribution in [3.05, 3.63) is 27.9 Å². The Bertz CT molecular complexity index is 890. The standard InChI is InChI=1S/C17H21N5S/c1-10-9-11(2)22(20-10)17-18-15(21(3)4)14-12-7-5-6-8-13(12)23-16(14)19-17/h9H,5-8H2,1-4H3. The minimum absolute atomic E-state index is 0.672. The second-order valence-corrected chi connectivity index (χ2v) is 7.56. The number of hydrogen-bond acceptors (Lipinski definition) is 5. The van der Waals surface area contributed by atoms with Gasteiger partial charge >= 0.3 is 0 Å². The number of rotatable bonds is 2. The number of thiophene rings is 1. The smallest absolute Gasteiger partial charge is 0.254 e. The van der Waals surface area contributed by atoms with Crippen LogP contribution in [0.2, 0.25) is 0 Å². The predicted molar refractivity (Wildman–Crippen MR) is 95.0 cm³/mol. The molecule has 0 aliphatic heterocycles.